The van der Waals surface area contributed by atoms with Gasteiger partial charge >= 0.3 is 0 Å². The van der Waals surface area contributed by atoms with Crippen LogP contribution in [-0.4, -0.2) is 19.1 Å². The molecule has 2 unspecified atom stereocenters. The molecule has 0 aliphatic heterocycles. The molecule has 19 heavy (non-hydrogen) atoms. The summed E-state index contributed by atoms with van der Waals surface area (Å²) < 4.78 is 13.1. The molecule has 1 fully saturated rings. The summed E-state index contributed by atoms with van der Waals surface area (Å²) in [6.45, 7) is 2.91. The van der Waals surface area contributed by atoms with E-state index < -0.39 is 0 Å². The van der Waals surface area contributed by atoms with Crippen LogP contribution in [-0.2, 0) is 0 Å². The first-order valence-electron chi connectivity index (χ1n) is 7.33. The number of halogens is 1. The van der Waals surface area contributed by atoms with Gasteiger partial charge in [0.15, 0.2) is 0 Å². The maximum atomic E-state index is 13.1. The van der Waals surface area contributed by atoms with Crippen LogP contribution in [0.1, 0.15) is 39.0 Å². The zero-order valence-electron chi connectivity index (χ0n) is 12.0. The monoisotopic (exact) mass is 264 g/mol. The second kappa shape index (κ2) is 5.91. The molecule has 2 atom stereocenters. The number of hydrogen-bond acceptors (Lipinski definition) is 2. The third-order valence-electron chi connectivity index (χ3n) is 4.90. The minimum atomic E-state index is -0.186. The molecular formula is C16H25FN2. The fourth-order valence-corrected chi connectivity index (χ4v) is 3.65. The maximum Gasteiger partial charge on any atom is 0.123 e. The van der Waals surface area contributed by atoms with Crippen molar-refractivity contribution in [2.45, 2.75) is 44.6 Å². The summed E-state index contributed by atoms with van der Waals surface area (Å²) in [4.78, 5) is 2.29. The first kappa shape index (κ1) is 14.3. The van der Waals surface area contributed by atoms with Crippen molar-refractivity contribution in [1.82, 2.24) is 0 Å². The van der Waals surface area contributed by atoms with Crippen LogP contribution in [0, 0.1) is 11.7 Å². The van der Waals surface area contributed by atoms with Crippen molar-refractivity contribution in [2.24, 2.45) is 11.7 Å². The molecule has 0 heterocycles. The smallest absolute Gasteiger partial charge is 0.123 e. The van der Waals surface area contributed by atoms with E-state index in [1.807, 2.05) is 12.1 Å². The fraction of sp³-hybridized carbons (Fsp3) is 0.625. The molecule has 1 aliphatic rings. The molecule has 2 nitrogen and oxygen atoms in total. The molecule has 1 aliphatic carbocycles. The Bertz CT molecular complexity index is 404. The zero-order valence-corrected chi connectivity index (χ0v) is 12.0. The summed E-state index contributed by atoms with van der Waals surface area (Å²) >= 11 is 0. The summed E-state index contributed by atoms with van der Waals surface area (Å²) in [6, 6.07) is 6.77. The van der Waals surface area contributed by atoms with Crippen LogP contribution in [0.15, 0.2) is 24.3 Å². The van der Waals surface area contributed by atoms with E-state index >= 15 is 0 Å². The van der Waals surface area contributed by atoms with E-state index in [0.717, 1.165) is 18.5 Å². The van der Waals surface area contributed by atoms with Crippen molar-refractivity contribution in [1.29, 1.82) is 0 Å². The van der Waals surface area contributed by atoms with E-state index in [-0.39, 0.29) is 11.4 Å². The van der Waals surface area contributed by atoms with Gasteiger partial charge in [0.05, 0.1) is 5.54 Å². The summed E-state index contributed by atoms with van der Waals surface area (Å²) in [7, 11) is 2.11. The third-order valence-corrected chi connectivity index (χ3v) is 4.90. The minimum absolute atomic E-state index is 0.0326. The fourth-order valence-electron chi connectivity index (χ4n) is 3.65. The molecule has 1 saturated carbocycles. The maximum absolute atomic E-state index is 13.1. The third kappa shape index (κ3) is 2.62. The molecule has 0 radical (unpaired) electrons. The van der Waals surface area contributed by atoms with E-state index in [0.29, 0.717) is 12.5 Å². The lowest BCUT2D eigenvalue weighted by Gasteiger charge is -2.50. The van der Waals surface area contributed by atoms with Crippen LogP contribution in [0.3, 0.4) is 0 Å². The molecule has 0 amide bonds. The highest BCUT2D eigenvalue weighted by molar-refractivity contribution is 5.49. The van der Waals surface area contributed by atoms with Gasteiger partial charge in [0.25, 0.3) is 0 Å². The highest BCUT2D eigenvalue weighted by Gasteiger charge is 2.42. The number of nitrogens with zero attached hydrogens (tertiary/aromatic N) is 1. The van der Waals surface area contributed by atoms with Gasteiger partial charge in [-0.2, -0.15) is 0 Å². The molecule has 0 saturated heterocycles. The Morgan fingerprint density at radius 3 is 2.58 bits per heavy atom. The van der Waals surface area contributed by atoms with Crippen molar-refractivity contribution in [2.75, 3.05) is 18.5 Å². The van der Waals surface area contributed by atoms with Crippen molar-refractivity contribution in [3.8, 4) is 0 Å². The molecule has 0 spiro atoms. The summed E-state index contributed by atoms with van der Waals surface area (Å²) in [5, 5.41) is 0. The predicted molar refractivity (Wildman–Crippen MR) is 78.8 cm³/mol. The number of nitrogens with two attached hydrogens (primary N) is 1. The second-order valence-electron chi connectivity index (χ2n) is 5.69. The average molecular weight is 264 g/mol. The SMILES string of the molecule is CCC1CCCCC1(CN)N(C)c1ccc(F)cc1. The topological polar surface area (TPSA) is 29.3 Å². The summed E-state index contributed by atoms with van der Waals surface area (Å²) in [5.41, 5.74) is 7.25. The Morgan fingerprint density at radius 1 is 1.32 bits per heavy atom. The van der Waals surface area contributed by atoms with Crippen LogP contribution in [0.25, 0.3) is 0 Å². The van der Waals surface area contributed by atoms with Crippen LogP contribution < -0.4 is 10.6 Å². The summed E-state index contributed by atoms with van der Waals surface area (Å²) in [5.74, 6) is 0.441. The lowest BCUT2D eigenvalue weighted by atomic mass is 9.70. The highest BCUT2D eigenvalue weighted by atomic mass is 19.1. The Balaban J connectivity index is 2.30. The zero-order chi connectivity index (χ0) is 13.9. The van der Waals surface area contributed by atoms with Gasteiger partial charge in [-0.1, -0.05) is 26.2 Å². The van der Waals surface area contributed by atoms with E-state index in [1.165, 1.54) is 31.4 Å². The second-order valence-corrected chi connectivity index (χ2v) is 5.69. The van der Waals surface area contributed by atoms with Crippen molar-refractivity contribution >= 4 is 5.69 Å². The summed E-state index contributed by atoms with van der Waals surface area (Å²) in [6.07, 6.45) is 6.08. The number of hydrogen-bond donors (Lipinski definition) is 1. The first-order valence-corrected chi connectivity index (χ1v) is 7.33. The standard InChI is InChI=1S/C16H25FN2/c1-3-13-6-4-5-11-16(13,12-18)19(2)15-9-7-14(17)8-10-15/h7-10,13H,3-6,11-12,18H2,1-2H3. The van der Waals surface area contributed by atoms with Crippen LogP contribution in [0.2, 0.25) is 0 Å². The molecule has 3 heteroatoms. The predicted octanol–water partition coefficient (Wildman–Crippen LogP) is 3.56. The van der Waals surface area contributed by atoms with Crippen molar-refractivity contribution < 1.29 is 4.39 Å². The van der Waals surface area contributed by atoms with Gasteiger partial charge in [0.2, 0.25) is 0 Å². The first-order chi connectivity index (χ1) is 9.14. The van der Waals surface area contributed by atoms with Crippen molar-refractivity contribution in [3.63, 3.8) is 0 Å². The molecule has 2 N–H and O–H groups in total. The minimum Gasteiger partial charge on any atom is -0.367 e. The molecule has 1 aromatic carbocycles. The van der Waals surface area contributed by atoms with E-state index in [4.69, 9.17) is 5.73 Å². The number of rotatable bonds is 4. The Kier molecular flexibility index (Phi) is 4.46. The highest BCUT2D eigenvalue weighted by Crippen LogP contribution is 2.41. The number of anilines is 1. The van der Waals surface area contributed by atoms with Gasteiger partial charge < -0.3 is 10.6 Å². The quantitative estimate of drug-likeness (QED) is 0.901. The Morgan fingerprint density at radius 2 is 2.00 bits per heavy atom. The Hall–Kier alpha value is -1.09. The number of benzene rings is 1. The van der Waals surface area contributed by atoms with Gasteiger partial charge in [-0.25, -0.2) is 4.39 Å². The van der Waals surface area contributed by atoms with Gasteiger partial charge in [-0.05, 0) is 43.0 Å². The normalized spacial score (nSPS) is 27.3. The van der Waals surface area contributed by atoms with Gasteiger partial charge in [0.1, 0.15) is 5.82 Å². The van der Waals surface area contributed by atoms with Crippen LogP contribution in [0.5, 0.6) is 0 Å². The van der Waals surface area contributed by atoms with Gasteiger partial charge in [-0.15, -0.1) is 0 Å². The molecule has 0 aromatic heterocycles. The van der Waals surface area contributed by atoms with Crippen molar-refractivity contribution in [3.05, 3.63) is 30.1 Å². The molecular weight excluding hydrogens is 239 g/mol. The molecule has 0 bridgehead atoms. The van der Waals surface area contributed by atoms with Gasteiger partial charge in [-0.3, -0.25) is 0 Å². The Labute approximate surface area is 115 Å². The van der Waals surface area contributed by atoms with Crippen LogP contribution in [0.4, 0.5) is 10.1 Å². The van der Waals surface area contributed by atoms with Gasteiger partial charge in [0, 0.05) is 19.3 Å². The molecule has 2 rings (SSSR count). The lowest BCUT2D eigenvalue weighted by Crippen LogP contribution is -2.58. The molecule has 1 aromatic rings. The largest absolute Gasteiger partial charge is 0.367 e. The average Bonchev–Trinajstić information content (AvgIpc) is 2.47. The molecule has 106 valence electrons. The van der Waals surface area contributed by atoms with E-state index in [9.17, 15) is 4.39 Å². The van der Waals surface area contributed by atoms with Crippen LogP contribution >= 0.6 is 0 Å². The lowest BCUT2D eigenvalue weighted by molar-refractivity contribution is 0.183. The van der Waals surface area contributed by atoms with E-state index in [2.05, 4.69) is 18.9 Å². The van der Waals surface area contributed by atoms with E-state index in [1.54, 1.807) is 0 Å². The number of likely N-dealkylation sites (N-methyl/N-ethyl adjacent to an activating group) is 1.